The number of non-ortho nitro benzene ring substituents is 1. The van der Waals surface area contributed by atoms with E-state index < -0.39 is 10.9 Å². The minimum atomic E-state index is -0.919. The zero-order valence-electron chi connectivity index (χ0n) is 10.3. The second-order valence-corrected chi connectivity index (χ2v) is 4.30. The molecule has 19 heavy (non-hydrogen) atoms. The number of nitro groups is 1. The van der Waals surface area contributed by atoms with E-state index in [0.29, 0.717) is 22.3 Å². The van der Waals surface area contributed by atoms with Crippen LogP contribution < -0.4 is 5.73 Å². The third-order valence-electron chi connectivity index (χ3n) is 3.07. The first kappa shape index (κ1) is 12.9. The molecule has 0 fully saturated rings. The van der Waals surface area contributed by atoms with Crippen LogP contribution in [0.15, 0.2) is 12.1 Å². The third kappa shape index (κ3) is 2.22. The van der Waals surface area contributed by atoms with Crippen molar-refractivity contribution in [1.82, 2.24) is 4.98 Å². The van der Waals surface area contributed by atoms with Crippen molar-refractivity contribution in [1.29, 1.82) is 0 Å². The molecule has 0 aliphatic carbocycles. The van der Waals surface area contributed by atoms with Crippen LogP contribution in [0.25, 0.3) is 10.9 Å². The molecule has 1 heterocycles. The van der Waals surface area contributed by atoms with Crippen molar-refractivity contribution in [2.24, 2.45) is 0 Å². The van der Waals surface area contributed by atoms with E-state index in [2.05, 4.69) is 4.98 Å². The van der Waals surface area contributed by atoms with Gasteiger partial charge in [0, 0.05) is 29.3 Å². The summed E-state index contributed by atoms with van der Waals surface area (Å²) in [5.74, 6) is -0.919. The summed E-state index contributed by atoms with van der Waals surface area (Å²) in [6.45, 7) is 1.75. The fraction of sp³-hybridized carbons (Fsp3) is 0.250. The number of nitro benzene ring substituents is 1. The monoisotopic (exact) mass is 263 g/mol. The SMILES string of the molecule is Cc1[nH]c2c([N+](=O)[O-])ccc(N)c2c1CCC(=O)O. The summed E-state index contributed by atoms with van der Waals surface area (Å²) in [5, 5.41) is 20.3. The van der Waals surface area contributed by atoms with Crippen LogP contribution >= 0.6 is 0 Å². The number of nitrogen functional groups attached to an aromatic ring is 1. The molecule has 0 atom stereocenters. The first-order chi connectivity index (χ1) is 8.91. The number of nitrogens with one attached hydrogen (secondary N) is 1. The number of anilines is 1. The van der Waals surface area contributed by atoms with Crippen molar-refractivity contribution < 1.29 is 14.8 Å². The van der Waals surface area contributed by atoms with Crippen molar-refractivity contribution in [2.75, 3.05) is 5.73 Å². The predicted octanol–water partition coefficient (Wildman–Crippen LogP) is 1.98. The maximum atomic E-state index is 11.0. The quantitative estimate of drug-likeness (QED) is 0.442. The van der Waals surface area contributed by atoms with Gasteiger partial charge in [-0.15, -0.1) is 0 Å². The van der Waals surface area contributed by atoms with Crippen LogP contribution in [-0.2, 0) is 11.2 Å². The molecule has 0 saturated heterocycles. The lowest BCUT2D eigenvalue weighted by Gasteiger charge is -2.02. The van der Waals surface area contributed by atoms with E-state index >= 15 is 0 Å². The molecule has 4 N–H and O–H groups in total. The number of benzene rings is 1. The van der Waals surface area contributed by atoms with E-state index in [0.717, 1.165) is 5.56 Å². The molecule has 0 aliphatic heterocycles. The van der Waals surface area contributed by atoms with Gasteiger partial charge in [0.25, 0.3) is 5.69 Å². The fourth-order valence-corrected chi connectivity index (χ4v) is 2.21. The lowest BCUT2D eigenvalue weighted by atomic mass is 10.0. The highest BCUT2D eigenvalue weighted by atomic mass is 16.6. The number of rotatable bonds is 4. The average Bonchev–Trinajstić information content (AvgIpc) is 2.63. The van der Waals surface area contributed by atoms with Gasteiger partial charge < -0.3 is 15.8 Å². The van der Waals surface area contributed by atoms with Crippen LogP contribution in [0.2, 0.25) is 0 Å². The minimum Gasteiger partial charge on any atom is -0.481 e. The lowest BCUT2D eigenvalue weighted by Crippen LogP contribution is -1.99. The van der Waals surface area contributed by atoms with Crippen LogP contribution in [0.4, 0.5) is 11.4 Å². The lowest BCUT2D eigenvalue weighted by molar-refractivity contribution is -0.383. The molecule has 1 aromatic heterocycles. The molecule has 0 unspecified atom stereocenters. The highest BCUT2D eigenvalue weighted by Crippen LogP contribution is 2.34. The van der Waals surface area contributed by atoms with Crippen molar-refractivity contribution in [2.45, 2.75) is 19.8 Å². The molecule has 7 heteroatoms. The Hall–Kier alpha value is -2.57. The summed E-state index contributed by atoms with van der Waals surface area (Å²) in [6.07, 6.45) is 0.239. The number of hydrogen-bond acceptors (Lipinski definition) is 4. The highest BCUT2D eigenvalue weighted by molar-refractivity contribution is 6.00. The Bertz CT molecular complexity index is 675. The molecular formula is C12H13N3O4. The van der Waals surface area contributed by atoms with E-state index in [1.807, 2.05) is 0 Å². The molecule has 0 amide bonds. The van der Waals surface area contributed by atoms with E-state index in [-0.39, 0.29) is 18.5 Å². The largest absolute Gasteiger partial charge is 0.481 e. The number of carboxylic acid groups (broad SMARTS) is 1. The van der Waals surface area contributed by atoms with Crippen molar-refractivity contribution in [3.63, 3.8) is 0 Å². The Morgan fingerprint density at radius 1 is 1.53 bits per heavy atom. The number of aliphatic carboxylic acids is 1. The van der Waals surface area contributed by atoms with Gasteiger partial charge in [0.15, 0.2) is 0 Å². The summed E-state index contributed by atoms with van der Waals surface area (Å²) >= 11 is 0. The summed E-state index contributed by atoms with van der Waals surface area (Å²) in [6, 6.07) is 2.81. The average molecular weight is 263 g/mol. The molecular weight excluding hydrogens is 250 g/mol. The Kier molecular flexibility index (Phi) is 3.12. The number of H-pyrrole nitrogens is 1. The van der Waals surface area contributed by atoms with Crippen LogP contribution in [0, 0.1) is 17.0 Å². The number of fused-ring (bicyclic) bond motifs is 1. The molecule has 0 saturated carbocycles. The van der Waals surface area contributed by atoms with E-state index in [9.17, 15) is 14.9 Å². The van der Waals surface area contributed by atoms with Gasteiger partial charge in [0.1, 0.15) is 5.52 Å². The van der Waals surface area contributed by atoms with Crippen LogP contribution in [-0.4, -0.2) is 21.0 Å². The van der Waals surface area contributed by atoms with Gasteiger partial charge in [-0.25, -0.2) is 0 Å². The van der Waals surface area contributed by atoms with Gasteiger partial charge in [0.05, 0.1) is 4.92 Å². The number of aryl methyl sites for hydroxylation is 2. The van der Waals surface area contributed by atoms with Gasteiger partial charge in [-0.3, -0.25) is 14.9 Å². The first-order valence-electron chi connectivity index (χ1n) is 5.67. The topological polar surface area (TPSA) is 122 Å². The molecule has 7 nitrogen and oxygen atoms in total. The second kappa shape index (κ2) is 4.60. The zero-order valence-corrected chi connectivity index (χ0v) is 10.3. The van der Waals surface area contributed by atoms with E-state index in [1.165, 1.54) is 12.1 Å². The third-order valence-corrected chi connectivity index (χ3v) is 3.07. The number of hydrogen-bond donors (Lipinski definition) is 3. The second-order valence-electron chi connectivity index (χ2n) is 4.30. The maximum absolute atomic E-state index is 11.0. The Labute approximate surface area is 108 Å². The smallest absolute Gasteiger partial charge is 0.303 e. The van der Waals surface area contributed by atoms with E-state index in [1.54, 1.807) is 6.92 Å². The minimum absolute atomic E-state index is 0.0457. The fourth-order valence-electron chi connectivity index (χ4n) is 2.21. The first-order valence-corrected chi connectivity index (χ1v) is 5.67. The normalized spacial score (nSPS) is 10.8. The molecule has 2 rings (SSSR count). The predicted molar refractivity (Wildman–Crippen MR) is 70.1 cm³/mol. The summed E-state index contributed by atoms with van der Waals surface area (Å²) in [4.78, 5) is 24.1. The standard InChI is InChI=1S/C12H13N3O4/c1-6-7(2-5-10(16)17)11-8(13)3-4-9(15(18)19)12(11)14-6/h3-4,14H,2,5,13H2,1H3,(H,16,17). The Morgan fingerprint density at radius 3 is 2.79 bits per heavy atom. The summed E-state index contributed by atoms with van der Waals surface area (Å²) < 4.78 is 0. The van der Waals surface area contributed by atoms with Gasteiger partial charge in [-0.05, 0) is 25.0 Å². The molecule has 100 valence electrons. The number of aromatic amines is 1. The Morgan fingerprint density at radius 2 is 2.21 bits per heavy atom. The number of carboxylic acids is 1. The molecule has 0 aliphatic rings. The molecule has 2 aromatic rings. The van der Waals surface area contributed by atoms with Crippen molar-refractivity contribution in [3.8, 4) is 0 Å². The number of carbonyl (C=O) groups is 1. The summed E-state index contributed by atoms with van der Waals surface area (Å²) in [5.41, 5.74) is 7.98. The Balaban J connectivity index is 2.65. The van der Waals surface area contributed by atoms with Crippen molar-refractivity contribution >= 4 is 28.2 Å². The van der Waals surface area contributed by atoms with Crippen LogP contribution in [0.5, 0.6) is 0 Å². The van der Waals surface area contributed by atoms with E-state index in [4.69, 9.17) is 10.8 Å². The molecule has 0 radical (unpaired) electrons. The number of nitrogens with zero attached hydrogens (tertiary/aromatic N) is 1. The van der Waals surface area contributed by atoms with Crippen LogP contribution in [0.3, 0.4) is 0 Å². The molecule has 0 spiro atoms. The maximum Gasteiger partial charge on any atom is 0.303 e. The highest BCUT2D eigenvalue weighted by Gasteiger charge is 2.20. The molecule has 1 aromatic carbocycles. The van der Waals surface area contributed by atoms with Crippen molar-refractivity contribution in [3.05, 3.63) is 33.5 Å². The van der Waals surface area contributed by atoms with Gasteiger partial charge in [-0.1, -0.05) is 0 Å². The zero-order chi connectivity index (χ0) is 14.2. The van der Waals surface area contributed by atoms with Gasteiger partial charge in [0.2, 0.25) is 0 Å². The number of aromatic nitrogens is 1. The summed E-state index contributed by atoms with van der Waals surface area (Å²) in [7, 11) is 0. The van der Waals surface area contributed by atoms with Gasteiger partial charge in [-0.2, -0.15) is 0 Å². The number of nitrogens with two attached hydrogens (primary N) is 1. The van der Waals surface area contributed by atoms with Gasteiger partial charge >= 0.3 is 5.97 Å². The molecule has 0 bridgehead atoms. The van der Waals surface area contributed by atoms with Crippen LogP contribution in [0.1, 0.15) is 17.7 Å².